The maximum absolute atomic E-state index is 13.1. The monoisotopic (exact) mass is 263 g/mol. The Morgan fingerprint density at radius 2 is 2.32 bits per heavy atom. The fraction of sp³-hybridized carbons (Fsp3) is 0.357. The van der Waals surface area contributed by atoms with Crippen LogP contribution in [0.5, 0.6) is 0 Å². The van der Waals surface area contributed by atoms with E-state index in [1.165, 1.54) is 12.1 Å². The molecule has 0 aliphatic heterocycles. The van der Waals surface area contributed by atoms with Crippen LogP contribution in [0.25, 0.3) is 0 Å². The van der Waals surface area contributed by atoms with Crippen LogP contribution in [0.1, 0.15) is 18.5 Å². The Morgan fingerprint density at radius 1 is 1.47 bits per heavy atom. The van der Waals surface area contributed by atoms with Gasteiger partial charge in [0.05, 0.1) is 12.6 Å². The summed E-state index contributed by atoms with van der Waals surface area (Å²) in [5.74, 6) is 0.532. The molecule has 0 saturated carbocycles. The minimum absolute atomic E-state index is 0.197. The van der Waals surface area contributed by atoms with Gasteiger partial charge in [-0.3, -0.25) is 0 Å². The number of rotatable bonds is 6. The first kappa shape index (κ1) is 13.5. The molecule has 102 valence electrons. The third-order valence-corrected chi connectivity index (χ3v) is 2.89. The SMILES string of the molecule is COCC(C)n1ccnc1NCc1cccc(F)c1. The van der Waals surface area contributed by atoms with E-state index >= 15 is 0 Å². The van der Waals surface area contributed by atoms with E-state index in [1.54, 1.807) is 19.4 Å². The lowest BCUT2D eigenvalue weighted by Crippen LogP contribution is -2.14. The van der Waals surface area contributed by atoms with Crippen LogP contribution in [0, 0.1) is 5.82 Å². The lowest BCUT2D eigenvalue weighted by Gasteiger charge is -2.16. The number of nitrogens with one attached hydrogen (secondary N) is 1. The third-order valence-electron chi connectivity index (χ3n) is 2.89. The lowest BCUT2D eigenvalue weighted by molar-refractivity contribution is 0.163. The summed E-state index contributed by atoms with van der Waals surface area (Å²) in [5.41, 5.74) is 0.883. The van der Waals surface area contributed by atoms with Crippen LogP contribution in [0.4, 0.5) is 10.3 Å². The maximum atomic E-state index is 13.1. The highest BCUT2D eigenvalue weighted by atomic mass is 19.1. The molecule has 1 N–H and O–H groups in total. The van der Waals surface area contributed by atoms with Gasteiger partial charge in [0.1, 0.15) is 5.82 Å². The molecule has 1 atom stereocenters. The number of hydrogen-bond donors (Lipinski definition) is 1. The van der Waals surface area contributed by atoms with Crippen molar-refractivity contribution in [2.45, 2.75) is 19.5 Å². The average Bonchev–Trinajstić information content (AvgIpc) is 2.85. The second-order valence-corrected chi connectivity index (χ2v) is 4.45. The number of aromatic nitrogens is 2. The molecule has 1 unspecified atom stereocenters. The van der Waals surface area contributed by atoms with Crippen LogP contribution in [-0.2, 0) is 11.3 Å². The summed E-state index contributed by atoms with van der Waals surface area (Å²) in [6.07, 6.45) is 3.64. The highest BCUT2D eigenvalue weighted by Crippen LogP contribution is 2.14. The first-order chi connectivity index (χ1) is 9.20. The van der Waals surface area contributed by atoms with Gasteiger partial charge in [-0.2, -0.15) is 0 Å². The molecule has 4 nitrogen and oxygen atoms in total. The summed E-state index contributed by atoms with van der Waals surface area (Å²) in [7, 11) is 1.67. The standard InChI is InChI=1S/C14H18FN3O/c1-11(10-19-2)18-7-6-16-14(18)17-9-12-4-3-5-13(15)8-12/h3-8,11H,9-10H2,1-2H3,(H,16,17). The minimum Gasteiger partial charge on any atom is -0.383 e. The van der Waals surface area contributed by atoms with E-state index in [9.17, 15) is 4.39 Å². The molecule has 0 saturated heterocycles. The normalized spacial score (nSPS) is 12.4. The molecule has 5 heteroatoms. The van der Waals surface area contributed by atoms with Crippen LogP contribution in [-0.4, -0.2) is 23.3 Å². The molecule has 0 aliphatic rings. The molecular weight excluding hydrogens is 245 g/mol. The highest BCUT2D eigenvalue weighted by molar-refractivity contribution is 5.29. The number of benzene rings is 1. The van der Waals surface area contributed by atoms with E-state index in [1.807, 2.05) is 16.8 Å². The fourth-order valence-corrected chi connectivity index (χ4v) is 1.96. The zero-order chi connectivity index (χ0) is 13.7. The lowest BCUT2D eigenvalue weighted by atomic mass is 10.2. The molecular formula is C14H18FN3O. The molecule has 0 amide bonds. The predicted molar refractivity (Wildman–Crippen MR) is 72.5 cm³/mol. The first-order valence-electron chi connectivity index (χ1n) is 6.21. The van der Waals surface area contributed by atoms with Gasteiger partial charge in [0.15, 0.2) is 0 Å². The van der Waals surface area contributed by atoms with E-state index < -0.39 is 0 Å². The van der Waals surface area contributed by atoms with Crippen LogP contribution < -0.4 is 5.32 Å². The van der Waals surface area contributed by atoms with Crippen molar-refractivity contribution in [3.05, 3.63) is 48.0 Å². The van der Waals surface area contributed by atoms with Crippen LogP contribution >= 0.6 is 0 Å². The van der Waals surface area contributed by atoms with Gasteiger partial charge in [-0.15, -0.1) is 0 Å². The molecule has 2 aromatic rings. The van der Waals surface area contributed by atoms with Gasteiger partial charge in [0, 0.05) is 26.0 Å². The summed E-state index contributed by atoms with van der Waals surface area (Å²) in [6, 6.07) is 6.72. The highest BCUT2D eigenvalue weighted by Gasteiger charge is 2.09. The zero-order valence-corrected chi connectivity index (χ0v) is 11.1. The molecule has 1 aromatic carbocycles. The van der Waals surface area contributed by atoms with E-state index in [0.717, 1.165) is 11.5 Å². The van der Waals surface area contributed by atoms with Crippen LogP contribution in [0.15, 0.2) is 36.7 Å². The Balaban J connectivity index is 2.02. The zero-order valence-electron chi connectivity index (χ0n) is 11.1. The van der Waals surface area contributed by atoms with Crippen LogP contribution in [0.2, 0.25) is 0 Å². The molecule has 1 aromatic heterocycles. The van der Waals surface area contributed by atoms with Gasteiger partial charge in [-0.05, 0) is 24.6 Å². The summed E-state index contributed by atoms with van der Waals surface area (Å²) < 4.78 is 20.2. The van der Waals surface area contributed by atoms with Crippen molar-refractivity contribution in [2.24, 2.45) is 0 Å². The molecule has 0 spiro atoms. The minimum atomic E-state index is -0.226. The molecule has 0 bridgehead atoms. The Kier molecular flexibility index (Phi) is 4.52. The number of hydrogen-bond acceptors (Lipinski definition) is 3. The van der Waals surface area contributed by atoms with Crippen LogP contribution in [0.3, 0.4) is 0 Å². The van der Waals surface area contributed by atoms with Gasteiger partial charge in [-0.25, -0.2) is 9.37 Å². The summed E-state index contributed by atoms with van der Waals surface area (Å²) in [4.78, 5) is 4.26. The second kappa shape index (κ2) is 6.33. The van der Waals surface area contributed by atoms with Crippen molar-refractivity contribution in [3.8, 4) is 0 Å². The topological polar surface area (TPSA) is 39.1 Å². The molecule has 1 heterocycles. The van der Waals surface area contributed by atoms with Crippen molar-refractivity contribution >= 4 is 5.95 Å². The molecule has 19 heavy (non-hydrogen) atoms. The predicted octanol–water partition coefficient (Wildman–Crippen LogP) is 2.84. The molecule has 0 radical (unpaired) electrons. The van der Waals surface area contributed by atoms with Crippen molar-refractivity contribution in [1.29, 1.82) is 0 Å². The Hall–Kier alpha value is -1.88. The van der Waals surface area contributed by atoms with Gasteiger partial charge >= 0.3 is 0 Å². The summed E-state index contributed by atoms with van der Waals surface area (Å²) >= 11 is 0. The smallest absolute Gasteiger partial charge is 0.203 e. The average molecular weight is 263 g/mol. The number of halogens is 1. The number of ether oxygens (including phenoxy) is 1. The largest absolute Gasteiger partial charge is 0.383 e. The quantitative estimate of drug-likeness (QED) is 0.871. The van der Waals surface area contributed by atoms with E-state index in [0.29, 0.717) is 13.2 Å². The van der Waals surface area contributed by atoms with Gasteiger partial charge in [0.25, 0.3) is 0 Å². The summed E-state index contributed by atoms with van der Waals surface area (Å²) in [5, 5.41) is 3.21. The van der Waals surface area contributed by atoms with E-state index in [2.05, 4.69) is 17.2 Å². The van der Waals surface area contributed by atoms with Gasteiger partial charge < -0.3 is 14.6 Å². The number of nitrogens with zero attached hydrogens (tertiary/aromatic N) is 2. The van der Waals surface area contributed by atoms with Crippen molar-refractivity contribution in [3.63, 3.8) is 0 Å². The molecule has 0 fully saturated rings. The van der Waals surface area contributed by atoms with Crippen molar-refractivity contribution in [1.82, 2.24) is 9.55 Å². The summed E-state index contributed by atoms with van der Waals surface area (Å²) in [6.45, 7) is 3.21. The molecule has 2 rings (SSSR count). The number of imidazole rings is 1. The van der Waals surface area contributed by atoms with Crippen molar-refractivity contribution in [2.75, 3.05) is 19.0 Å². The van der Waals surface area contributed by atoms with Crippen molar-refractivity contribution < 1.29 is 9.13 Å². The maximum Gasteiger partial charge on any atom is 0.203 e. The Labute approximate surface area is 112 Å². The first-order valence-corrected chi connectivity index (χ1v) is 6.21. The number of methoxy groups -OCH3 is 1. The second-order valence-electron chi connectivity index (χ2n) is 4.45. The van der Waals surface area contributed by atoms with E-state index in [4.69, 9.17) is 4.74 Å². The van der Waals surface area contributed by atoms with Gasteiger partial charge in [0.2, 0.25) is 5.95 Å². The Bertz CT molecular complexity index is 527. The fourth-order valence-electron chi connectivity index (χ4n) is 1.96. The van der Waals surface area contributed by atoms with E-state index in [-0.39, 0.29) is 11.9 Å². The number of anilines is 1. The third kappa shape index (κ3) is 3.54. The van der Waals surface area contributed by atoms with Gasteiger partial charge in [-0.1, -0.05) is 12.1 Å². The molecule has 0 aliphatic carbocycles. The Morgan fingerprint density at radius 3 is 3.05 bits per heavy atom.